The van der Waals surface area contributed by atoms with Crippen LogP contribution in [0.15, 0.2) is 35.3 Å². The lowest BCUT2D eigenvalue weighted by molar-refractivity contribution is 0.273. The zero-order valence-corrected chi connectivity index (χ0v) is 18.6. The van der Waals surface area contributed by atoms with Gasteiger partial charge in [-0.15, -0.1) is 0 Å². The Labute approximate surface area is 182 Å². The molecule has 0 amide bonds. The van der Waals surface area contributed by atoms with Gasteiger partial charge in [-0.05, 0) is 61.6 Å². The van der Waals surface area contributed by atoms with Gasteiger partial charge >= 0.3 is 0 Å². The van der Waals surface area contributed by atoms with E-state index in [2.05, 4.69) is 28.8 Å². The van der Waals surface area contributed by atoms with Gasteiger partial charge in [-0.3, -0.25) is 9.48 Å². The third-order valence-corrected chi connectivity index (χ3v) is 7.15. The Morgan fingerprint density at radius 1 is 1.19 bits per heavy atom. The topological polar surface area (TPSA) is 53.9 Å². The first kappa shape index (κ1) is 20.4. The third-order valence-electron chi connectivity index (χ3n) is 7.15. The van der Waals surface area contributed by atoms with Crippen molar-refractivity contribution >= 4 is 10.9 Å². The molecule has 2 atom stereocenters. The van der Waals surface area contributed by atoms with Crippen LogP contribution in [0.4, 0.5) is 4.39 Å². The number of aromatic amines is 1. The second-order valence-corrected chi connectivity index (χ2v) is 9.81. The van der Waals surface area contributed by atoms with Gasteiger partial charge in [0.25, 0.3) is 5.56 Å². The van der Waals surface area contributed by atoms with Gasteiger partial charge in [-0.1, -0.05) is 19.9 Å². The van der Waals surface area contributed by atoms with E-state index in [1.54, 1.807) is 10.9 Å². The lowest BCUT2D eigenvalue weighted by Gasteiger charge is -2.20. The maximum Gasteiger partial charge on any atom is 0.251 e. The Morgan fingerprint density at radius 3 is 2.58 bits per heavy atom. The Bertz CT molecular complexity index is 1150. The normalized spacial score (nSPS) is 23.8. The highest BCUT2D eigenvalue weighted by Gasteiger charge is 2.41. The summed E-state index contributed by atoms with van der Waals surface area (Å²) in [5.74, 6) is 2.12. The first-order valence-electron chi connectivity index (χ1n) is 11.5. The number of aromatic nitrogens is 3. The van der Waals surface area contributed by atoms with E-state index in [4.69, 9.17) is 0 Å². The molecule has 2 aliphatic rings. The fourth-order valence-corrected chi connectivity index (χ4v) is 5.83. The number of H-pyrrole nitrogens is 1. The van der Waals surface area contributed by atoms with Crippen LogP contribution in [0.3, 0.4) is 0 Å². The van der Waals surface area contributed by atoms with Gasteiger partial charge < -0.3 is 9.88 Å². The van der Waals surface area contributed by atoms with E-state index in [0.717, 1.165) is 23.9 Å². The molecule has 3 aromatic rings. The largest absolute Gasteiger partial charge is 0.322 e. The van der Waals surface area contributed by atoms with E-state index in [1.165, 1.54) is 25.7 Å². The number of aryl methyl sites for hydroxylation is 1. The average molecular weight is 423 g/mol. The van der Waals surface area contributed by atoms with Crippen molar-refractivity contribution in [2.24, 2.45) is 17.8 Å². The average Bonchev–Trinajstić information content (AvgIpc) is 3.40. The predicted octanol–water partition coefficient (Wildman–Crippen LogP) is 4.63. The Kier molecular flexibility index (Phi) is 5.21. The zero-order chi connectivity index (χ0) is 21.7. The molecule has 1 saturated heterocycles. The number of rotatable bonds is 5. The van der Waals surface area contributed by atoms with Gasteiger partial charge in [-0.25, -0.2) is 4.39 Å². The second-order valence-electron chi connectivity index (χ2n) is 9.81. The summed E-state index contributed by atoms with van der Waals surface area (Å²) in [6.07, 6.45) is 3.75. The van der Waals surface area contributed by atoms with Crippen molar-refractivity contribution in [3.63, 3.8) is 0 Å². The summed E-state index contributed by atoms with van der Waals surface area (Å²) in [5, 5.41) is 4.75. The standard InChI is InChI=1S/C25H31FN4O/c1-4-30-24-10-17(9-22(26)21(24)11-27-30)23-6-5-20(25(31)28-23)16-7-18-13-29(12-15(2)3)14-19(18)8-16/h5-6,9-11,15-16,18-19H,4,7-8,12-14H2,1-3H3,(H,28,31). The summed E-state index contributed by atoms with van der Waals surface area (Å²) >= 11 is 0. The van der Waals surface area contributed by atoms with Crippen LogP contribution in [0, 0.1) is 23.6 Å². The highest BCUT2D eigenvalue weighted by atomic mass is 19.1. The molecule has 2 aromatic heterocycles. The van der Waals surface area contributed by atoms with E-state index < -0.39 is 0 Å². The smallest absolute Gasteiger partial charge is 0.251 e. The van der Waals surface area contributed by atoms with E-state index in [1.807, 2.05) is 25.1 Å². The van der Waals surface area contributed by atoms with E-state index in [0.29, 0.717) is 46.9 Å². The predicted molar refractivity (Wildman–Crippen MR) is 122 cm³/mol. The van der Waals surface area contributed by atoms with Crippen LogP contribution in [0.1, 0.15) is 45.1 Å². The molecule has 0 spiro atoms. The molecule has 3 heterocycles. The van der Waals surface area contributed by atoms with E-state index in [-0.39, 0.29) is 11.4 Å². The van der Waals surface area contributed by atoms with Crippen molar-refractivity contribution in [2.45, 2.75) is 46.1 Å². The SMILES string of the molecule is CCn1ncc2c(F)cc(-c3ccc(C4CC5CN(CC(C)C)CC5C4)c(=O)[nH]3)cc21. The van der Waals surface area contributed by atoms with E-state index in [9.17, 15) is 9.18 Å². The van der Waals surface area contributed by atoms with Crippen LogP contribution in [-0.2, 0) is 6.54 Å². The zero-order valence-electron chi connectivity index (χ0n) is 18.6. The summed E-state index contributed by atoms with van der Waals surface area (Å²) in [6.45, 7) is 10.7. The molecular formula is C25H31FN4O. The summed E-state index contributed by atoms with van der Waals surface area (Å²) < 4.78 is 16.4. The molecule has 0 radical (unpaired) electrons. The van der Waals surface area contributed by atoms with Crippen molar-refractivity contribution in [1.82, 2.24) is 19.7 Å². The van der Waals surface area contributed by atoms with E-state index >= 15 is 0 Å². The molecule has 1 saturated carbocycles. The van der Waals surface area contributed by atoms with Gasteiger partial charge in [0.15, 0.2) is 0 Å². The van der Waals surface area contributed by atoms with Crippen LogP contribution < -0.4 is 5.56 Å². The van der Waals surface area contributed by atoms with Crippen LogP contribution in [0.25, 0.3) is 22.2 Å². The van der Waals surface area contributed by atoms with Crippen LogP contribution in [0.2, 0.25) is 0 Å². The number of pyridine rings is 1. The van der Waals surface area contributed by atoms with Crippen molar-refractivity contribution in [1.29, 1.82) is 0 Å². The summed E-state index contributed by atoms with van der Waals surface area (Å²) in [6, 6.07) is 7.29. The Hall–Kier alpha value is -2.47. The number of nitrogens with one attached hydrogen (secondary N) is 1. The first-order valence-corrected chi connectivity index (χ1v) is 11.5. The molecule has 2 fully saturated rings. The number of fused-ring (bicyclic) bond motifs is 2. The fraction of sp³-hybridized carbons (Fsp3) is 0.520. The Morgan fingerprint density at radius 2 is 1.94 bits per heavy atom. The number of hydrogen-bond donors (Lipinski definition) is 1. The summed E-state index contributed by atoms with van der Waals surface area (Å²) in [4.78, 5) is 18.6. The molecular weight excluding hydrogens is 391 g/mol. The minimum absolute atomic E-state index is 0.0361. The maximum atomic E-state index is 14.6. The van der Waals surface area contributed by atoms with Crippen LogP contribution in [0.5, 0.6) is 0 Å². The monoisotopic (exact) mass is 422 g/mol. The minimum atomic E-state index is -0.313. The molecule has 1 N–H and O–H groups in total. The number of halogens is 1. The quantitative estimate of drug-likeness (QED) is 0.652. The minimum Gasteiger partial charge on any atom is -0.322 e. The summed E-state index contributed by atoms with van der Waals surface area (Å²) in [7, 11) is 0. The number of nitrogens with zero attached hydrogens (tertiary/aromatic N) is 3. The van der Waals surface area contributed by atoms with Gasteiger partial charge in [-0.2, -0.15) is 5.10 Å². The van der Waals surface area contributed by atoms with Gasteiger partial charge in [0.1, 0.15) is 5.82 Å². The number of hydrogen-bond acceptors (Lipinski definition) is 3. The fourth-order valence-electron chi connectivity index (χ4n) is 5.83. The molecule has 0 bridgehead atoms. The lowest BCUT2D eigenvalue weighted by atomic mass is 9.96. The second kappa shape index (κ2) is 7.90. The van der Waals surface area contributed by atoms with Crippen LogP contribution in [-0.4, -0.2) is 39.3 Å². The molecule has 1 aromatic carbocycles. The van der Waals surface area contributed by atoms with Gasteiger partial charge in [0.2, 0.25) is 0 Å². The number of benzene rings is 1. The van der Waals surface area contributed by atoms with Gasteiger partial charge in [0, 0.05) is 43.0 Å². The van der Waals surface area contributed by atoms with Crippen molar-refractivity contribution in [3.05, 3.63) is 52.2 Å². The highest BCUT2D eigenvalue weighted by molar-refractivity contribution is 5.84. The third kappa shape index (κ3) is 3.71. The lowest BCUT2D eigenvalue weighted by Crippen LogP contribution is -2.27. The molecule has 6 heteroatoms. The summed E-state index contributed by atoms with van der Waals surface area (Å²) in [5.41, 5.74) is 2.92. The molecule has 1 aliphatic heterocycles. The molecule has 5 rings (SSSR count). The van der Waals surface area contributed by atoms with Crippen molar-refractivity contribution in [3.8, 4) is 11.3 Å². The molecule has 164 valence electrons. The van der Waals surface area contributed by atoms with Gasteiger partial charge in [0.05, 0.1) is 17.1 Å². The molecule has 1 aliphatic carbocycles. The molecule has 2 unspecified atom stereocenters. The maximum absolute atomic E-state index is 14.6. The Balaban J connectivity index is 1.37. The van der Waals surface area contributed by atoms with Crippen molar-refractivity contribution < 1.29 is 4.39 Å². The molecule has 5 nitrogen and oxygen atoms in total. The highest BCUT2D eigenvalue weighted by Crippen LogP contribution is 2.45. The van der Waals surface area contributed by atoms with Crippen molar-refractivity contribution in [2.75, 3.05) is 19.6 Å². The molecule has 31 heavy (non-hydrogen) atoms. The van der Waals surface area contributed by atoms with Crippen LogP contribution >= 0.6 is 0 Å². The number of likely N-dealkylation sites (tertiary alicyclic amines) is 1. The first-order chi connectivity index (χ1) is 14.9.